The van der Waals surface area contributed by atoms with Gasteiger partial charge >= 0.3 is 0 Å². The summed E-state index contributed by atoms with van der Waals surface area (Å²) in [5, 5.41) is 14.2. The molecule has 136 valence electrons. The van der Waals surface area contributed by atoms with Gasteiger partial charge < -0.3 is 5.32 Å². The van der Waals surface area contributed by atoms with Crippen molar-refractivity contribution in [2.75, 3.05) is 5.32 Å². The maximum Gasteiger partial charge on any atom is 0.250 e. The fraction of sp³-hybridized carbons (Fsp3) is 0.150. The van der Waals surface area contributed by atoms with Crippen molar-refractivity contribution in [3.8, 4) is 0 Å². The molecule has 0 saturated carbocycles. The van der Waals surface area contributed by atoms with Gasteiger partial charge in [0.1, 0.15) is 6.04 Å². The molecule has 7 heteroatoms. The predicted molar refractivity (Wildman–Crippen MR) is 106 cm³/mol. The lowest BCUT2D eigenvalue weighted by Crippen LogP contribution is -2.24. The molecule has 6 nitrogen and oxygen atoms in total. The average molecular weight is 380 g/mol. The molecule has 0 bridgehead atoms. The summed E-state index contributed by atoms with van der Waals surface area (Å²) in [6, 6.07) is 15.8. The van der Waals surface area contributed by atoms with Gasteiger partial charge in [0, 0.05) is 18.5 Å². The summed E-state index contributed by atoms with van der Waals surface area (Å²) in [5.74, 6) is 0.301. The van der Waals surface area contributed by atoms with Crippen LogP contribution in [0.5, 0.6) is 0 Å². The minimum Gasteiger partial charge on any atom is -0.307 e. The Morgan fingerprint density at radius 2 is 2.00 bits per heavy atom. The van der Waals surface area contributed by atoms with Crippen LogP contribution in [0.4, 0.5) is 5.82 Å². The van der Waals surface area contributed by atoms with Gasteiger partial charge in [0.05, 0.1) is 17.8 Å². The fourth-order valence-electron chi connectivity index (χ4n) is 3.00. The summed E-state index contributed by atoms with van der Waals surface area (Å²) >= 11 is 5.86. The van der Waals surface area contributed by atoms with Crippen LogP contribution in [-0.4, -0.2) is 25.5 Å². The Hall–Kier alpha value is -3.12. The third kappa shape index (κ3) is 3.71. The normalized spacial score (nSPS) is 12.2. The zero-order chi connectivity index (χ0) is 18.8. The lowest BCUT2D eigenvalue weighted by Gasteiger charge is -2.11. The highest BCUT2D eigenvalue weighted by molar-refractivity contribution is 6.30. The van der Waals surface area contributed by atoms with Crippen molar-refractivity contribution in [2.24, 2.45) is 0 Å². The largest absolute Gasteiger partial charge is 0.307 e. The molecule has 27 heavy (non-hydrogen) atoms. The second-order valence-corrected chi connectivity index (χ2v) is 6.78. The van der Waals surface area contributed by atoms with Crippen LogP contribution < -0.4 is 5.32 Å². The molecule has 4 rings (SSSR count). The minimum absolute atomic E-state index is 0.204. The Morgan fingerprint density at radius 1 is 1.19 bits per heavy atom. The maximum absolute atomic E-state index is 12.4. The fourth-order valence-corrected chi connectivity index (χ4v) is 3.14. The number of amides is 1. The third-order valence-electron chi connectivity index (χ3n) is 4.45. The first-order chi connectivity index (χ1) is 13.1. The molecule has 1 amide bonds. The summed E-state index contributed by atoms with van der Waals surface area (Å²) in [6.07, 6.45) is 4.97. The number of nitrogens with zero attached hydrogens (tertiary/aromatic N) is 4. The van der Waals surface area contributed by atoms with Gasteiger partial charge in [-0.15, -0.1) is 0 Å². The number of carbonyl (C=O) groups excluding carboxylic acids is 1. The molecule has 4 aromatic rings. The number of aromatic nitrogens is 4. The van der Waals surface area contributed by atoms with Gasteiger partial charge in [-0.3, -0.25) is 14.2 Å². The summed E-state index contributed by atoms with van der Waals surface area (Å²) in [5.41, 5.74) is 1.17. The topological polar surface area (TPSA) is 64.7 Å². The number of nitrogens with one attached hydrogen (secondary N) is 1. The van der Waals surface area contributed by atoms with Crippen molar-refractivity contribution in [1.82, 2.24) is 19.6 Å². The first-order valence-electron chi connectivity index (χ1n) is 8.61. The lowest BCUT2D eigenvalue weighted by atomic mass is 10.0. The number of hydrogen-bond donors (Lipinski definition) is 1. The molecule has 1 atom stereocenters. The highest BCUT2D eigenvalue weighted by Crippen LogP contribution is 2.20. The molecule has 0 radical (unpaired) electrons. The van der Waals surface area contributed by atoms with E-state index in [1.807, 2.05) is 29.1 Å². The molecule has 0 aliphatic rings. The summed E-state index contributed by atoms with van der Waals surface area (Å²) in [7, 11) is 0. The number of fused-ring (bicyclic) bond motifs is 1. The zero-order valence-corrected chi connectivity index (χ0v) is 15.5. The Morgan fingerprint density at radius 3 is 2.81 bits per heavy atom. The van der Waals surface area contributed by atoms with E-state index in [2.05, 4.69) is 39.8 Å². The zero-order valence-electron chi connectivity index (χ0n) is 14.7. The van der Waals surface area contributed by atoms with Gasteiger partial charge in [-0.25, -0.2) is 0 Å². The molecule has 2 heterocycles. The molecule has 2 aromatic heterocycles. The number of halogens is 1. The second kappa shape index (κ2) is 7.25. The Balaban J connectivity index is 1.48. The van der Waals surface area contributed by atoms with Crippen molar-refractivity contribution < 1.29 is 4.79 Å². The van der Waals surface area contributed by atoms with Gasteiger partial charge in [-0.1, -0.05) is 54.1 Å². The average Bonchev–Trinajstić information content (AvgIpc) is 3.30. The quantitative estimate of drug-likeness (QED) is 0.567. The van der Waals surface area contributed by atoms with Crippen molar-refractivity contribution in [3.05, 3.63) is 77.7 Å². The molecule has 1 unspecified atom stereocenters. The van der Waals surface area contributed by atoms with Crippen molar-refractivity contribution in [1.29, 1.82) is 0 Å². The minimum atomic E-state index is -0.485. The number of rotatable bonds is 5. The molecule has 0 saturated heterocycles. The molecular weight excluding hydrogens is 362 g/mol. The molecule has 0 aliphatic heterocycles. The van der Waals surface area contributed by atoms with E-state index in [0.717, 1.165) is 0 Å². The van der Waals surface area contributed by atoms with E-state index in [0.29, 0.717) is 17.4 Å². The van der Waals surface area contributed by atoms with Crippen LogP contribution >= 0.6 is 11.6 Å². The van der Waals surface area contributed by atoms with Crippen molar-refractivity contribution in [2.45, 2.75) is 19.5 Å². The van der Waals surface area contributed by atoms with E-state index in [1.54, 1.807) is 19.2 Å². The third-order valence-corrected chi connectivity index (χ3v) is 4.65. The highest BCUT2D eigenvalue weighted by Gasteiger charge is 2.17. The van der Waals surface area contributed by atoms with Gasteiger partial charge in [0.25, 0.3) is 0 Å². The van der Waals surface area contributed by atoms with E-state index >= 15 is 0 Å². The highest BCUT2D eigenvalue weighted by atomic mass is 35.5. The van der Waals surface area contributed by atoms with E-state index < -0.39 is 6.04 Å². The standard InChI is InChI=1S/C20H18ClN5O/c1-14(26-13-17(21)11-22-26)20(27)23-19-9-10-25(24-19)12-16-7-4-6-15-5-2-3-8-18(15)16/h2-11,13-14H,12H2,1H3,(H,23,24,27). The molecule has 1 N–H and O–H groups in total. The van der Waals surface area contributed by atoms with Crippen LogP contribution in [0.25, 0.3) is 10.8 Å². The summed E-state index contributed by atoms with van der Waals surface area (Å²) in [4.78, 5) is 12.4. The Labute approximate surface area is 161 Å². The molecular formula is C20H18ClN5O. The van der Waals surface area contributed by atoms with E-state index in [-0.39, 0.29) is 5.91 Å². The van der Waals surface area contributed by atoms with E-state index in [4.69, 9.17) is 11.6 Å². The van der Waals surface area contributed by atoms with Crippen LogP contribution in [0.3, 0.4) is 0 Å². The van der Waals surface area contributed by atoms with E-state index in [1.165, 1.54) is 27.2 Å². The Kier molecular flexibility index (Phi) is 4.64. The van der Waals surface area contributed by atoms with Crippen LogP contribution in [0, 0.1) is 0 Å². The molecule has 0 spiro atoms. The summed E-state index contributed by atoms with van der Waals surface area (Å²) < 4.78 is 3.33. The van der Waals surface area contributed by atoms with Gasteiger partial charge in [-0.05, 0) is 23.3 Å². The first-order valence-corrected chi connectivity index (χ1v) is 8.98. The van der Waals surface area contributed by atoms with Crippen molar-refractivity contribution in [3.63, 3.8) is 0 Å². The van der Waals surface area contributed by atoms with Crippen LogP contribution in [0.1, 0.15) is 18.5 Å². The smallest absolute Gasteiger partial charge is 0.250 e. The molecule has 0 aliphatic carbocycles. The SMILES string of the molecule is CC(C(=O)Nc1ccn(Cc2cccc3ccccc23)n1)n1cc(Cl)cn1. The monoisotopic (exact) mass is 379 g/mol. The number of anilines is 1. The van der Waals surface area contributed by atoms with Crippen LogP contribution in [0.15, 0.2) is 67.1 Å². The van der Waals surface area contributed by atoms with Crippen LogP contribution in [0.2, 0.25) is 5.02 Å². The lowest BCUT2D eigenvalue weighted by molar-refractivity contribution is -0.119. The van der Waals surface area contributed by atoms with E-state index in [9.17, 15) is 4.79 Å². The van der Waals surface area contributed by atoms with Gasteiger partial charge in [-0.2, -0.15) is 10.2 Å². The predicted octanol–water partition coefficient (Wildman–Crippen LogP) is 4.13. The van der Waals surface area contributed by atoms with Gasteiger partial charge in [0.2, 0.25) is 5.91 Å². The second-order valence-electron chi connectivity index (χ2n) is 6.34. The maximum atomic E-state index is 12.4. The number of carbonyl (C=O) groups is 1. The number of benzene rings is 2. The van der Waals surface area contributed by atoms with Gasteiger partial charge in [0.15, 0.2) is 5.82 Å². The Bertz CT molecular complexity index is 1100. The summed E-state index contributed by atoms with van der Waals surface area (Å²) in [6.45, 7) is 2.38. The molecule has 0 fully saturated rings. The van der Waals surface area contributed by atoms with Crippen LogP contribution in [-0.2, 0) is 11.3 Å². The first kappa shape index (κ1) is 17.3. The molecule has 2 aromatic carbocycles. The number of hydrogen-bond acceptors (Lipinski definition) is 3. The van der Waals surface area contributed by atoms with Crippen molar-refractivity contribution >= 4 is 34.1 Å².